The van der Waals surface area contributed by atoms with Crippen molar-refractivity contribution >= 4 is 16.5 Å². The summed E-state index contributed by atoms with van der Waals surface area (Å²) in [4.78, 5) is 5.24. The number of nitrogens with zero attached hydrogens (tertiary/aromatic N) is 1. The van der Waals surface area contributed by atoms with E-state index in [9.17, 15) is 4.21 Å². The van der Waals surface area contributed by atoms with Gasteiger partial charge in [0, 0.05) is 16.6 Å². The molecule has 1 saturated heterocycles. The molecule has 3 nitrogen and oxygen atoms in total. The first-order valence-corrected chi connectivity index (χ1v) is 5.18. The smallest absolute Gasteiger partial charge is 0.155 e. The van der Waals surface area contributed by atoms with Crippen molar-refractivity contribution < 1.29 is 9.05 Å². The van der Waals surface area contributed by atoms with Crippen LogP contribution in [0.5, 0.6) is 0 Å². The number of hydrogen-bond donors (Lipinski definition) is 0. The summed E-state index contributed by atoms with van der Waals surface area (Å²) < 4.78 is 11.2. The lowest BCUT2D eigenvalue weighted by molar-refractivity contribution is -0.000665. The Labute approximate surface area is 68.3 Å². The first-order chi connectivity index (χ1) is 5.12. The van der Waals surface area contributed by atoms with Gasteiger partial charge in [-0.15, -0.1) is 0 Å². The molecule has 62 valence electrons. The van der Waals surface area contributed by atoms with Crippen molar-refractivity contribution in [3.8, 4) is 0 Å². The monoisotopic (exact) mass is 173 g/mol. The molecule has 0 amide bonds. The number of oxime groups is 1. The van der Waals surface area contributed by atoms with Gasteiger partial charge in [0.1, 0.15) is 0 Å². The van der Waals surface area contributed by atoms with Crippen molar-refractivity contribution in [2.75, 3.05) is 11.5 Å². The molecule has 0 aromatic heterocycles. The Kier molecular flexibility index (Phi) is 1.36. The van der Waals surface area contributed by atoms with Crippen molar-refractivity contribution in [1.82, 2.24) is 0 Å². The van der Waals surface area contributed by atoms with E-state index in [1.54, 1.807) is 0 Å². The van der Waals surface area contributed by atoms with Gasteiger partial charge in [0.2, 0.25) is 0 Å². The third-order valence-corrected chi connectivity index (χ3v) is 4.04. The Balaban J connectivity index is 2.31. The van der Waals surface area contributed by atoms with Gasteiger partial charge in [-0.05, 0) is 13.8 Å². The Morgan fingerprint density at radius 3 is 3.18 bits per heavy atom. The highest BCUT2D eigenvalue weighted by Gasteiger charge is 2.50. The second kappa shape index (κ2) is 2.06. The van der Waals surface area contributed by atoms with Gasteiger partial charge >= 0.3 is 0 Å². The van der Waals surface area contributed by atoms with E-state index >= 15 is 0 Å². The maximum atomic E-state index is 11.2. The lowest BCUT2D eigenvalue weighted by Gasteiger charge is -2.18. The summed E-state index contributed by atoms with van der Waals surface area (Å²) in [5.41, 5.74) is 0.743. The molecule has 3 unspecified atom stereocenters. The second-order valence-electron chi connectivity index (χ2n) is 3.44. The number of fused-ring (bicyclic) bond motifs is 1. The van der Waals surface area contributed by atoms with Gasteiger partial charge in [-0.1, -0.05) is 5.16 Å². The standard InChI is InChI=1S/C7H11NO2S/c1-5-6-3-11(9)4-7(6,2)10-8-5/h6H,3-4H2,1-2H3. The highest BCUT2D eigenvalue weighted by atomic mass is 32.2. The van der Waals surface area contributed by atoms with Crippen molar-refractivity contribution in [2.45, 2.75) is 19.4 Å². The molecule has 11 heavy (non-hydrogen) atoms. The molecule has 4 heteroatoms. The largest absolute Gasteiger partial charge is 0.388 e. The Morgan fingerprint density at radius 2 is 2.55 bits per heavy atom. The summed E-state index contributed by atoms with van der Waals surface area (Å²) in [6.07, 6.45) is 0. The first kappa shape index (κ1) is 7.28. The minimum Gasteiger partial charge on any atom is -0.388 e. The summed E-state index contributed by atoms with van der Waals surface area (Å²) in [6, 6.07) is 0. The molecule has 0 aliphatic carbocycles. The van der Waals surface area contributed by atoms with Crippen LogP contribution in [-0.2, 0) is 15.6 Å². The third-order valence-electron chi connectivity index (χ3n) is 2.44. The van der Waals surface area contributed by atoms with Crippen LogP contribution in [0.15, 0.2) is 5.16 Å². The molecular formula is C7H11NO2S. The van der Waals surface area contributed by atoms with Crippen molar-refractivity contribution in [1.29, 1.82) is 0 Å². The van der Waals surface area contributed by atoms with E-state index in [-0.39, 0.29) is 5.60 Å². The SMILES string of the molecule is CC1=NOC2(C)CS(=O)CC12. The van der Waals surface area contributed by atoms with Crippen LogP contribution in [0.3, 0.4) is 0 Å². The van der Waals surface area contributed by atoms with Crippen LogP contribution in [0.1, 0.15) is 13.8 Å². The molecular weight excluding hydrogens is 162 g/mol. The molecule has 0 N–H and O–H groups in total. The van der Waals surface area contributed by atoms with Gasteiger partial charge in [0.15, 0.2) is 5.60 Å². The van der Waals surface area contributed by atoms with E-state index in [2.05, 4.69) is 5.16 Å². The molecule has 3 atom stereocenters. The molecule has 2 rings (SSSR count). The van der Waals surface area contributed by atoms with E-state index in [0.29, 0.717) is 11.7 Å². The number of rotatable bonds is 0. The van der Waals surface area contributed by atoms with E-state index < -0.39 is 10.8 Å². The Morgan fingerprint density at radius 1 is 1.82 bits per heavy atom. The first-order valence-electron chi connectivity index (χ1n) is 3.69. The highest BCUT2D eigenvalue weighted by molar-refractivity contribution is 7.85. The Bertz CT molecular complexity index is 251. The fourth-order valence-corrected chi connectivity index (χ4v) is 3.71. The fourth-order valence-electron chi connectivity index (χ4n) is 1.73. The average molecular weight is 173 g/mol. The quantitative estimate of drug-likeness (QED) is 0.536. The molecule has 0 aromatic rings. The summed E-state index contributed by atoms with van der Waals surface area (Å²) in [7, 11) is -0.698. The average Bonchev–Trinajstić information content (AvgIpc) is 2.32. The van der Waals surface area contributed by atoms with Crippen molar-refractivity contribution in [3.63, 3.8) is 0 Å². The maximum absolute atomic E-state index is 11.2. The van der Waals surface area contributed by atoms with Gasteiger partial charge < -0.3 is 4.84 Å². The van der Waals surface area contributed by atoms with Gasteiger partial charge in [-0.3, -0.25) is 4.21 Å². The van der Waals surface area contributed by atoms with Crippen LogP contribution in [0.2, 0.25) is 0 Å². The molecule has 2 heterocycles. The highest BCUT2D eigenvalue weighted by Crippen LogP contribution is 2.36. The minimum absolute atomic E-state index is 0.255. The topological polar surface area (TPSA) is 38.7 Å². The predicted octanol–water partition coefficient (Wildman–Crippen LogP) is 0.530. The fraction of sp³-hybridized carbons (Fsp3) is 0.857. The van der Waals surface area contributed by atoms with E-state index in [0.717, 1.165) is 11.5 Å². The van der Waals surface area contributed by atoms with Crippen LogP contribution in [0, 0.1) is 5.92 Å². The Hall–Kier alpha value is -0.380. The van der Waals surface area contributed by atoms with Crippen molar-refractivity contribution in [3.05, 3.63) is 0 Å². The molecule has 0 radical (unpaired) electrons. The van der Waals surface area contributed by atoms with Crippen LogP contribution in [0.4, 0.5) is 0 Å². The second-order valence-corrected chi connectivity index (χ2v) is 4.94. The third kappa shape index (κ3) is 0.922. The zero-order chi connectivity index (χ0) is 8.06. The van der Waals surface area contributed by atoms with Crippen LogP contribution < -0.4 is 0 Å². The van der Waals surface area contributed by atoms with Crippen LogP contribution >= 0.6 is 0 Å². The van der Waals surface area contributed by atoms with Gasteiger partial charge in [0.25, 0.3) is 0 Å². The van der Waals surface area contributed by atoms with Gasteiger partial charge in [-0.2, -0.15) is 0 Å². The number of hydrogen-bond acceptors (Lipinski definition) is 3. The van der Waals surface area contributed by atoms with Gasteiger partial charge in [-0.25, -0.2) is 0 Å². The molecule has 0 spiro atoms. The minimum atomic E-state index is -0.698. The summed E-state index contributed by atoms with van der Waals surface area (Å²) in [5, 5.41) is 3.91. The lowest BCUT2D eigenvalue weighted by Crippen LogP contribution is -2.33. The molecule has 1 fully saturated rings. The molecule has 2 aliphatic rings. The van der Waals surface area contributed by atoms with Crippen LogP contribution in [0.25, 0.3) is 0 Å². The normalized spacial score (nSPS) is 48.4. The predicted molar refractivity (Wildman–Crippen MR) is 44.0 cm³/mol. The summed E-state index contributed by atoms with van der Waals surface area (Å²) >= 11 is 0. The van der Waals surface area contributed by atoms with Crippen molar-refractivity contribution in [2.24, 2.45) is 11.1 Å². The van der Waals surface area contributed by atoms with Gasteiger partial charge in [0.05, 0.1) is 17.4 Å². The summed E-state index contributed by atoms with van der Waals surface area (Å²) in [5.74, 6) is 1.66. The zero-order valence-corrected chi connectivity index (χ0v) is 7.48. The molecule has 0 saturated carbocycles. The molecule has 0 aromatic carbocycles. The van der Waals surface area contributed by atoms with Crippen LogP contribution in [-0.4, -0.2) is 27.0 Å². The molecule has 0 bridgehead atoms. The lowest BCUT2D eigenvalue weighted by atomic mass is 9.90. The summed E-state index contributed by atoms with van der Waals surface area (Å²) in [6.45, 7) is 3.93. The zero-order valence-electron chi connectivity index (χ0n) is 6.66. The van der Waals surface area contributed by atoms with E-state index in [1.165, 1.54) is 0 Å². The van der Waals surface area contributed by atoms with E-state index in [1.807, 2.05) is 13.8 Å². The molecule has 2 aliphatic heterocycles. The maximum Gasteiger partial charge on any atom is 0.155 e. The van der Waals surface area contributed by atoms with E-state index in [4.69, 9.17) is 4.84 Å².